The molecule has 35 heavy (non-hydrogen) atoms. The van der Waals surface area contributed by atoms with Crippen molar-refractivity contribution in [2.75, 3.05) is 6.61 Å². The van der Waals surface area contributed by atoms with Gasteiger partial charge in [0.15, 0.2) is 23.0 Å². The van der Waals surface area contributed by atoms with Crippen LogP contribution in [0.4, 0.5) is 8.78 Å². The van der Waals surface area contributed by atoms with Gasteiger partial charge in [0.2, 0.25) is 5.89 Å². The quantitative estimate of drug-likeness (QED) is 0.382. The van der Waals surface area contributed by atoms with Crippen molar-refractivity contribution in [1.29, 1.82) is 0 Å². The van der Waals surface area contributed by atoms with Gasteiger partial charge in [-0.1, -0.05) is 6.07 Å². The average molecular weight is 531 g/mol. The fourth-order valence-corrected chi connectivity index (χ4v) is 3.13. The van der Waals surface area contributed by atoms with Crippen molar-refractivity contribution in [2.24, 2.45) is 11.7 Å². The van der Waals surface area contributed by atoms with Crippen LogP contribution < -0.4 is 20.5 Å². The maximum absolute atomic E-state index is 12.8. The lowest BCUT2D eigenvalue weighted by molar-refractivity contribution is -0.0515. The first-order valence-electron chi connectivity index (χ1n) is 10.6. The molecule has 0 spiro atoms. The van der Waals surface area contributed by atoms with Crippen LogP contribution in [0.15, 0.2) is 47.1 Å². The van der Waals surface area contributed by atoms with Crippen molar-refractivity contribution in [1.82, 2.24) is 15.3 Å². The van der Waals surface area contributed by atoms with Gasteiger partial charge in [-0.15, -0.1) is 24.8 Å². The maximum Gasteiger partial charge on any atom is 0.387 e. The largest absolute Gasteiger partial charge is 0.489 e. The van der Waals surface area contributed by atoms with E-state index >= 15 is 0 Å². The van der Waals surface area contributed by atoms with E-state index in [2.05, 4.69) is 20.0 Å². The molecule has 0 radical (unpaired) electrons. The Morgan fingerprint density at radius 1 is 1.26 bits per heavy atom. The first kappa shape index (κ1) is 28.3. The van der Waals surface area contributed by atoms with Gasteiger partial charge in [0.1, 0.15) is 0 Å². The average Bonchev–Trinajstić information content (AvgIpc) is 3.52. The van der Waals surface area contributed by atoms with Gasteiger partial charge >= 0.3 is 6.61 Å². The second kappa shape index (κ2) is 12.7. The van der Waals surface area contributed by atoms with Crippen LogP contribution in [0.25, 0.3) is 11.5 Å². The summed E-state index contributed by atoms with van der Waals surface area (Å²) >= 11 is 0. The molecule has 1 aliphatic rings. The number of oxazole rings is 1. The molecule has 1 saturated carbocycles. The molecule has 1 fully saturated rings. The van der Waals surface area contributed by atoms with E-state index in [9.17, 15) is 13.6 Å². The molecule has 3 aromatic rings. The van der Waals surface area contributed by atoms with E-state index in [1.807, 2.05) is 6.07 Å². The van der Waals surface area contributed by atoms with Crippen LogP contribution in [0.3, 0.4) is 0 Å². The fraction of sp³-hybridized carbons (Fsp3) is 0.348. The Labute approximate surface area is 213 Å². The number of alkyl halides is 2. The minimum atomic E-state index is -2.99. The summed E-state index contributed by atoms with van der Waals surface area (Å²) in [5, 5.41) is 2.77. The lowest BCUT2D eigenvalue weighted by Gasteiger charge is -2.12. The van der Waals surface area contributed by atoms with Crippen molar-refractivity contribution >= 4 is 30.7 Å². The first-order valence-corrected chi connectivity index (χ1v) is 10.6. The summed E-state index contributed by atoms with van der Waals surface area (Å²) < 4.78 is 41.7. The molecule has 3 N–H and O–H groups in total. The molecule has 12 heteroatoms. The topological polar surface area (TPSA) is 113 Å². The highest BCUT2D eigenvalue weighted by atomic mass is 35.5. The molecule has 1 atom stereocenters. The van der Waals surface area contributed by atoms with E-state index < -0.39 is 18.6 Å². The number of pyridine rings is 1. The van der Waals surface area contributed by atoms with Crippen LogP contribution in [0.5, 0.6) is 11.5 Å². The number of nitrogens with zero attached hydrogens (tertiary/aromatic N) is 2. The normalized spacial score (nSPS) is 13.4. The molecule has 8 nitrogen and oxygen atoms in total. The minimum absolute atomic E-state index is 0. The number of amides is 1. The predicted octanol–water partition coefficient (Wildman–Crippen LogP) is 4.92. The standard InChI is InChI=1S/C23H24F2N4O4.2ClH/c1-13(26)20-19(21(30)28-11-15-3-2-8-27-10-15)29-22(33-20)16-6-7-17(32-23(24)25)18(9-16)31-12-14-4-5-14;;/h2-3,6-10,13-14,23H,4-5,11-12,26H2,1H3,(H,28,30);2*1H. The summed E-state index contributed by atoms with van der Waals surface area (Å²) in [7, 11) is 0. The second-order valence-corrected chi connectivity index (χ2v) is 7.86. The smallest absolute Gasteiger partial charge is 0.387 e. The molecule has 0 bridgehead atoms. The van der Waals surface area contributed by atoms with Crippen LogP contribution in [0.2, 0.25) is 0 Å². The van der Waals surface area contributed by atoms with E-state index in [4.69, 9.17) is 14.9 Å². The number of carbonyl (C=O) groups excluding carboxylic acids is 1. The highest BCUT2D eigenvalue weighted by Gasteiger charge is 2.26. The zero-order valence-corrected chi connectivity index (χ0v) is 20.4. The molecule has 1 aliphatic carbocycles. The van der Waals surface area contributed by atoms with Gasteiger partial charge in [0.05, 0.1) is 12.6 Å². The van der Waals surface area contributed by atoms with Gasteiger partial charge in [-0.2, -0.15) is 8.78 Å². The van der Waals surface area contributed by atoms with Crippen molar-refractivity contribution < 1.29 is 27.5 Å². The monoisotopic (exact) mass is 530 g/mol. The Kier molecular flexibility index (Phi) is 10.2. The van der Waals surface area contributed by atoms with E-state index in [1.54, 1.807) is 25.4 Å². The molecule has 1 aromatic carbocycles. The molecule has 2 aromatic heterocycles. The van der Waals surface area contributed by atoms with Crippen LogP contribution in [-0.2, 0) is 6.54 Å². The van der Waals surface area contributed by atoms with Crippen molar-refractivity contribution in [2.45, 2.75) is 39.0 Å². The predicted molar refractivity (Wildman–Crippen MR) is 129 cm³/mol. The molecular formula is C23H26Cl2F2N4O4. The Morgan fingerprint density at radius 3 is 2.66 bits per heavy atom. The zero-order valence-electron chi connectivity index (χ0n) is 18.8. The van der Waals surface area contributed by atoms with Crippen molar-refractivity contribution in [3.8, 4) is 23.0 Å². The number of nitrogens with one attached hydrogen (secondary N) is 1. The number of hydrogen-bond donors (Lipinski definition) is 2. The number of hydrogen-bond acceptors (Lipinski definition) is 7. The fourth-order valence-electron chi connectivity index (χ4n) is 3.13. The number of benzene rings is 1. The number of ether oxygens (including phenoxy) is 2. The van der Waals surface area contributed by atoms with Crippen LogP contribution >= 0.6 is 24.8 Å². The maximum atomic E-state index is 12.8. The van der Waals surface area contributed by atoms with Crippen LogP contribution in [0.1, 0.15) is 47.6 Å². The lowest BCUT2D eigenvalue weighted by Crippen LogP contribution is -2.25. The highest BCUT2D eigenvalue weighted by Crippen LogP contribution is 2.37. The molecular weight excluding hydrogens is 505 g/mol. The van der Waals surface area contributed by atoms with Crippen molar-refractivity contribution in [3.05, 3.63) is 59.7 Å². The Balaban J connectivity index is 0.00000216. The van der Waals surface area contributed by atoms with Gasteiger partial charge < -0.3 is 24.9 Å². The van der Waals surface area contributed by atoms with Gasteiger partial charge in [-0.3, -0.25) is 9.78 Å². The first-order chi connectivity index (χ1) is 15.9. The zero-order chi connectivity index (χ0) is 23.4. The molecule has 190 valence electrons. The van der Waals surface area contributed by atoms with Gasteiger partial charge in [-0.05, 0) is 55.5 Å². The summed E-state index contributed by atoms with van der Waals surface area (Å²) in [6.45, 7) is -0.652. The number of carbonyl (C=O) groups is 1. The number of aromatic nitrogens is 2. The van der Waals surface area contributed by atoms with E-state index in [1.165, 1.54) is 18.2 Å². The lowest BCUT2D eigenvalue weighted by atomic mass is 10.2. The summed E-state index contributed by atoms with van der Waals surface area (Å²) in [6, 6.07) is 7.39. The van der Waals surface area contributed by atoms with E-state index in [0.717, 1.165) is 18.4 Å². The minimum Gasteiger partial charge on any atom is -0.489 e. The van der Waals surface area contributed by atoms with Crippen molar-refractivity contribution in [3.63, 3.8) is 0 Å². The molecule has 0 aliphatic heterocycles. The third kappa shape index (κ3) is 7.51. The SMILES string of the molecule is CC(N)c1oc(-c2ccc(OC(F)F)c(OCC3CC3)c2)nc1C(=O)NCc1cccnc1.Cl.Cl. The van der Waals surface area contributed by atoms with Crippen LogP contribution in [-0.4, -0.2) is 29.1 Å². The van der Waals surface area contributed by atoms with E-state index in [-0.39, 0.29) is 60.2 Å². The molecule has 4 rings (SSSR count). The third-order valence-corrected chi connectivity index (χ3v) is 5.04. The van der Waals surface area contributed by atoms with E-state index in [0.29, 0.717) is 18.1 Å². The number of rotatable bonds is 10. The van der Waals surface area contributed by atoms with Gasteiger partial charge in [0, 0.05) is 24.5 Å². The van der Waals surface area contributed by atoms with Crippen LogP contribution in [0, 0.1) is 5.92 Å². The summed E-state index contributed by atoms with van der Waals surface area (Å²) in [4.78, 5) is 21.1. The summed E-state index contributed by atoms with van der Waals surface area (Å²) in [5.41, 5.74) is 7.31. The highest BCUT2D eigenvalue weighted by molar-refractivity contribution is 5.94. The van der Waals surface area contributed by atoms with Gasteiger partial charge in [0.25, 0.3) is 5.91 Å². The van der Waals surface area contributed by atoms with Gasteiger partial charge in [-0.25, -0.2) is 4.98 Å². The Bertz CT molecular complexity index is 1110. The number of nitrogens with two attached hydrogens (primary N) is 1. The Morgan fingerprint density at radius 2 is 2.03 bits per heavy atom. The third-order valence-electron chi connectivity index (χ3n) is 5.04. The molecule has 1 unspecified atom stereocenters. The Hall–Kier alpha value is -2.95. The molecule has 1 amide bonds. The molecule has 2 heterocycles. The number of halogens is 4. The summed E-state index contributed by atoms with van der Waals surface area (Å²) in [6.07, 6.45) is 5.37. The summed E-state index contributed by atoms with van der Waals surface area (Å²) in [5.74, 6) is 0.361. The molecule has 0 saturated heterocycles. The second-order valence-electron chi connectivity index (χ2n) is 7.86.